The number of aliphatic carboxylic acids is 1. The van der Waals surface area contributed by atoms with Crippen molar-refractivity contribution in [2.75, 3.05) is 0 Å². The highest BCUT2D eigenvalue weighted by Crippen LogP contribution is 2.19. The normalized spacial score (nSPS) is 11.4. The van der Waals surface area contributed by atoms with Crippen molar-refractivity contribution >= 4 is 21.9 Å². The van der Waals surface area contributed by atoms with Crippen molar-refractivity contribution in [3.63, 3.8) is 0 Å². The number of carbonyl (C=O) groups is 1. The fourth-order valence-electron chi connectivity index (χ4n) is 0.814. The molecule has 0 atom stereocenters. The third kappa shape index (κ3) is 2.73. The summed E-state index contributed by atoms with van der Waals surface area (Å²) in [6, 6.07) is 2.88. The molecule has 0 spiro atoms. The van der Waals surface area contributed by atoms with Crippen molar-refractivity contribution in [1.29, 1.82) is 0 Å². The van der Waals surface area contributed by atoms with Crippen LogP contribution in [0.15, 0.2) is 22.8 Å². The second-order valence-electron chi connectivity index (χ2n) is 2.65. The Hall–Kier alpha value is -1.04. The lowest BCUT2D eigenvalue weighted by Gasteiger charge is -2.09. The van der Waals surface area contributed by atoms with E-state index in [1.54, 1.807) is 0 Å². The number of hydrogen-bond donors (Lipinski definition) is 1. The van der Waals surface area contributed by atoms with E-state index in [0.29, 0.717) is 4.47 Å². The van der Waals surface area contributed by atoms with Gasteiger partial charge in [-0.2, -0.15) is 8.78 Å². The Morgan fingerprint density at radius 3 is 2.64 bits per heavy atom. The lowest BCUT2D eigenvalue weighted by Crippen LogP contribution is -2.30. The van der Waals surface area contributed by atoms with Gasteiger partial charge in [-0.1, -0.05) is 0 Å². The number of hydrogen-bond acceptors (Lipinski definition) is 2. The predicted molar refractivity (Wildman–Crippen MR) is 48.2 cm³/mol. The molecule has 6 heteroatoms. The van der Waals surface area contributed by atoms with Gasteiger partial charge in [0.15, 0.2) is 0 Å². The van der Waals surface area contributed by atoms with Crippen LogP contribution in [0.1, 0.15) is 5.69 Å². The number of alkyl halides is 2. The summed E-state index contributed by atoms with van der Waals surface area (Å²) in [6.45, 7) is 0. The van der Waals surface area contributed by atoms with Crippen molar-refractivity contribution in [1.82, 2.24) is 4.98 Å². The molecule has 1 rings (SSSR count). The molecule has 1 heterocycles. The molecule has 1 aromatic heterocycles. The van der Waals surface area contributed by atoms with Crippen LogP contribution in [0.4, 0.5) is 8.78 Å². The van der Waals surface area contributed by atoms with Gasteiger partial charge in [-0.05, 0) is 28.1 Å². The third-order valence-electron chi connectivity index (χ3n) is 1.50. The SMILES string of the molecule is O=C(O)C(F)(F)Cc1ccc(Br)cn1. The monoisotopic (exact) mass is 265 g/mol. The Bertz CT molecular complexity index is 340. The van der Waals surface area contributed by atoms with E-state index < -0.39 is 18.3 Å². The van der Waals surface area contributed by atoms with Gasteiger partial charge in [0, 0.05) is 16.4 Å². The first-order valence-corrected chi connectivity index (χ1v) is 4.43. The molecule has 0 fully saturated rings. The van der Waals surface area contributed by atoms with Gasteiger partial charge in [0.2, 0.25) is 0 Å². The molecule has 0 aliphatic rings. The van der Waals surface area contributed by atoms with Gasteiger partial charge >= 0.3 is 11.9 Å². The van der Waals surface area contributed by atoms with Crippen LogP contribution in [-0.2, 0) is 11.2 Å². The average Bonchev–Trinajstić information content (AvgIpc) is 2.08. The molecule has 0 unspecified atom stereocenters. The topological polar surface area (TPSA) is 50.2 Å². The highest BCUT2D eigenvalue weighted by molar-refractivity contribution is 9.10. The quantitative estimate of drug-likeness (QED) is 0.911. The molecule has 76 valence electrons. The molecular formula is C8H6BrF2NO2. The summed E-state index contributed by atoms with van der Waals surface area (Å²) in [5, 5.41) is 8.17. The minimum atomic E-state index is -3.76. The zero-order valence-electron chi connectivity index (χ0n) is 6.88. The van der Waals surface area contributed by atoms with Crippen molar-refractivity contribution < 1.29 is 18.7 Å². The number of pyridine rings is 1. The molecule has 0 aliphatic heterocycles. The van der Waals surface area contributed by atoms with E-state index in [0.717, 1.165) is 0 Å². The first-order valence-electron chi connectivity index (χ1n) is 3.63. The zero-order valence-corrected chi connectivity index (χ0v) is 8.46. The van der Waals surface area contributed by atoms with Gasteiger partial charge in [-0.25, -0.2) is 4.79 Å². The maximum atomic E-state index is 12.7. The highest BCUT2D eigenvalue weighted by atomic mass is 79.9. The highest BCUT2D eigenvalue weighted by Gasteiger charge is 2.39. The Morgan fingerprint density at radius 1 is 1.57 bits per heavy atom. The predicted octanol–water partition coefficient (Wildman–Crippen LogP) is 2.11. The summed E-state index contributed by atoms with van der Waals surface area (Å²) in [5.41, 5.74) is 0.0422. The fraction of sp³-hybridized carbons (Fsp3) is 0.250. The number of aromatic nitrogens is 1. The zero-order chi connectivity index (χ0) is 10.8. The number of halogens is 3. The summed E-state index contributed by atoms with van der Waals surface area (Å²) in [4.78, 5) is 13.8. The van der Waals surface area contributed by atoms with Gasteiger partial charge in [-0.3, -0.25) is 4.98 Å². The minimum Gasteiger partial charge on any atom is -0.477 e. The molecule has 0 radical (unpaired) electrons. The van der Waals surface area contributed by atoms with Crippen molar-refractivity contribution in [2.45, 2.75) is 12.3 Å². The lowest BCUT2D eigenvalue weighted by atomic mass is 10.2. The summed E-state index contributed by atoms with van der Waals surface area (Å²) in [7, 11) is 0. The minimum absolute atomic E-state index is 0.0422. The molecule has 0 saturated heterocycles. The summed E-state index contributed by atoms with van der Waals surface area (Å²) >= 11 is 3.09. The van der Waals surface area contributed by atoms with Gasteiger partial charge in [0.1, 0.15) is 0 Å². The Balaban J connectivity index is 2.79. The van der Waals surface area contributed by atoms with Crippen LogP contribution in [0.2, 0.25) is 0 Å². The summed E-state index contributed by atoms with van der Waals surface area (Å²) in [6.07, 6.45) is 0.447. The van der Waals surface area contributed by atoms with Crippen LogP contribution >= 0.6 is 15.9 Å². The number of nitrogens with zero attached hydrogens (tertiary/aromatic N) is 1. The van der Waals surface area contributed by atoms with E-state index in [1.165, 1.54) is 18.3 Å². The van der Waals surface area contributed by atoms with Crippen LogP contribution < -0.4 is 0 Å². The maximum absolute atomic E-state index is 12.7. The van der Waals surface area contributed by atoms with Crippen LogP contribution in [0, 0.1) is 0 Å². The second kappa shape index (κ2) is 4.00. The van der Waals surface area contributed by atoms with Crippen molar-refractivity contribution in [2.24, 2.45) is 0 Å². The van der Waals surface area contributed by atoms with Crippen LogP contribution in [0.25, 0.3) is 0 Å². The second-order valence-corrected chi connectivity index (χ2v) is 3.57. The lowest BCUT2D eigenvalue weighted by molar-refractivity contribution is -0.164. The summed E-state index contributed by atoms with van der Waals surface area (Å²) in [5.74, 6) is -5.90. The summed E-state index contributed by atoms with van der Waals surface area (Å²) < 4.78 is 26.0. The third-order valence-corrected chi connectivity index (χ3v) is 1.97. The molecule has 14 heavy (non-hydrogen) atoms. The molecule has 1 aromatic rings. The Morgan fingerprint density at radius 2 is 2.21 bits per heavy atom. The van der Waals surface area contributed by atoms with Crippen LogP contribution in [-0.4, -0.2) is 22.0 Å². The van der Waals surface area contributed by atoms with Crippen molar-refractivity contribution in [3.05, 3.63) is 28.5 Å². The number of rotatable bonds is 3. The molecule has 0 bridgehead atoms. The molecule has 3 nitrogen and oxygen atoms in total. The number of carboxylic acid groups (broad SMARTS) is 1. The number of carboxylic acids is 1. The van der Waals surface area contributed by atoms with E-state index in [9.17, 15) is 13.6 Å². The molecule has 0 aliphatic carbocycles. The first kappa shape index (κ1) is 11.0. The van der Waals surface area contributed by atoms with E-state index in [1.807, 2.05) is 0 Å². The van der Waals surface area contributed by atoms with E-state index in [4.69, 9.17) is 5.11 Å². The van der Waals surface area contributed by atoms with E-state index in [-0.39, 0.29) is 5.69 Å². The average molecular weight is 266 g/mol. The van der Waals surface area contributed by atoms with E-state index in [2.05, 4.69) is 20.9 Å². The molecule has 0 saturated carbocycles. The van der Waals surface area contributed by atoms with Gasteiger partial charge < -0.3 is 5.11 Å². The van der Waals surface area contributed by atoms with Gasteiger partial charge in [0.25, 0.3) is 0 Å². The molecule has 0 aromatic carbocycles. The maximum Gasteiger partial charge on any atom is 0.374 e. The Labute approximate surface area is 86.9 Å². The van der Waals surface area contributed by atoms with Gasteiger partial charge in [0.05, 0.1) is 6.42 Å². The van der Waals surface area contributed by atoms with Crippen LogP contribution in [0.5, 0.6) is 0 Å². The molecular weight excluding hydrogens is 260 g/mol. The van der Waals surface area contributed by atoms with Gasteiger partial charge in [-0.15, -0.1) is 0 Å². The van der Waals surface area contributed by atoms with E-state index >= 15 is 0 Å². The smallest absolute Gasteiger partial charge is 0.374 e. The fourth-order valence-corrected chi connectivity index (χ4v) is 1.05. The first-order chi connectivity index (χ1) is 6.42. The standard InChI is InChI=1S/C8H6BrF2NO2/c9-5-1-2-6(12-4-5)3-8(10,11)7(13)14/h1-2,4H,3H2,(H,13,14). The van der Waals surface area contributed by atoms with Crippen molar-refractivity contribution in [3.8, 4) is 0 Å². The molecule has 1 N–H and O–H groups in total. The largest absolute Gasteiger partial charge is 0.477 e. The van der Waals surface area contributed by atoms with Crippen LogP contribution in [0.3, 0.4) is 0 Å². The molecule has 0 amide bonds. The Kier molecular flexibility index (Phi) is 3.15.